The molecule has 4 aromatic rings. The summed E-state index contributed by atoms with van der Waals surface area (Å²) in [6.45, 7) is 4.59. The van der Waals surface area contributed by atoms with Gasteiger partial charge in [0.15, 0.2) is 17.2 Å². The Labute approximate surface area is 277 Å². The average Bonchev–Trinajstić information content (AvgIpc) is 3.03. The summed E-state index contributed by atoms with van der Waals surface area (Å²) in [6, 6.07) is 21.2. The maximum Gasteiger partial charge on any atom is 0.343 e. The van der Waals surface area contributed by atoms with E-state index in [9.17, 15) is 14.4 Å². The number of anilines is 1. The predicted molar refractivity (Wildman–Crippen MR) is 178 cm³/mol. The first-order valence-corrected chi connectivity index (χ1v) is 15.3. The maximum atomic E-state index is 13.0. The van der Waals surface area contributed by atoms with Crippen molar-refractivity contribution >= 4 is 61.5 Å². The third-order valence-corrected chi connectivity index (χ3v) is 7.16. The zero-order chi connectivity index (χ0) is 32.3. The van der Waals surface area contributed by atoms with Gasteiger partial charge in [-0.2, -0.15) is 5.10 Å². The SMILES string of the molecule is CCOc1ccc(C(=O)Nc2cccc(C(=O)NN=Cc3cc(Br)cc(Br)c3OC(=O)c3ccc(OC)cc3)c2)cc1OCC. The lowest BCUT2D eigenvalue weighted by Crippen LogP contribution is -2.18. The molecule has 4 aromatic carbocycles. The Morgan fingerprint density at radius 1 is 0.800 bits per heavy atom. The number of carbonyl (C=O) groups excluding carboxylic acids is 3. The quantitative estimate of drug-likeness (QED) is 0.0679. The third-order valence-electron chi connectivity index (χ3n) is 6.12. The van der Waals surface area contributed by atoms with Gasteiger partial charge in [-0.05, 0) is 103 Å². The van der Waals surface area contributed by atoms with Crippen LogP contribution in [0.5, 0.6) is 23.0 Å². The summed E-state index contributed by atoms with van der Waals surface area (Å²) in [4.78, 5) is 38.7. The van der Waals surface area contributed by atoms with Crippen molar-refractivity contribution in [1.82, 2.24) is 5.43 Å². The van der Waals surface area contributed by atoms with Crippen LogP contribution in [0.2, 0.25) is 0 Å². The van der Waals surface area contributed by atoms with Crippen molar-refractivity contribution in [3.8, 4) is 23.0 Å². The van der Waals surface area contributed by atoms with Gasteiger partial charge in [-0.1, -0.05) is 22.0 Å². The average molecular weight is 739 g/mol. The van der Waals surface area contributed by atoms with E-state index in [0.29, 0.717) is 61.8 Å². The normalized spacial score (nSPS) is 10.7. The molecule has 0 aliphatic rings. The molecule has 0 fully saturated rings. The van der Waals surface area contributed by atoms with Gasteiger partial charge in [-0.3, -0.25) is 9.59 Å². The smallest absolute Gasteiger partial charge is 0.343 e. The van der Waals surface area contributed by atoms with Crippen LogP contribution in [-0.4, -0.2) is 44.3 Å². The van der Waals surface area contributed by atoms with Crippen molar-refractivity contribution in [2.45, 2.75) is 13.8 Å². The van der Waals surface area contributed by atoms with Crippen LogP contribution in [0.25, 0.3) is 0 Å². The molecule has 4 rings (SSSR count). The molecule has 0 aliphatic carbocycles. The lowest BCUT2D eigenvalue weighted by molar-refractivity contribution is 0.0732. The molecule has 0 saturated heterocycles. The number of nitrogens with one attached hydrogen (secondary N) is 2. The molecule has 2 N–H and O–H groups in total. The van der Waals surface area contributed by atoms with Gasteiger partial charge < -0.3 is 24.3 Å². The Morgan fingerprint density at radius 3 is 2.20 bits per heavy atom. The molecular weight excluding hydrogens is 710 g/mol. The summed E-state index contributed by atoms with van der Waals surface area (Å²) in [5.41, 5.74) is 4.24. The Bertz CT molecular complexity index is 1730. The topological polar surface area (TPSA) is 125 Å². The molecule has 10 nitrogen and oxygen atoms in total. The molecule has 0 heterocycles. The molecule has 0 atom stereocenters. The summed E-state index contributed by atoms with van der Waals surface area (Å²) in [6.07, 6.45) is 1.36. The first-order valence-electron chi connectivity index (χ1n) is 13.7. The van der Waals surface area contributed by atoms with Crippen LogP contribution in [0.3, 0.4) is 0 Å². The molecule has 0 radical (unpaired) electrons. The van der Waals surface area contributed by atoms with Gasteiger partial charge in [0, 0.05) is 26.9 Å². The molecule has 0 aliphatic heterocycles. The summed E-state index contributed by atoms with van der Waals surface area (Å²) in [5, 5.41) is 6.86. The van der Waals surface area contributed by atoms with Crippen LogP contribution in [0.15, 0.2) is 92.9 Å². The van der Waals surface area contributed by atoms with Crippen LogP contribution in [-0.2, 0) is 0 Å². The molecule has 45 heavy (non-hydrogen) atoms. The zero-order valence-corrected chi connectivity index (χ0v) is 27.7. The van der Waals surface area contributed by atoms with E-state index in [1.54, 1.807) is 72.8 Å². The second kappa shape index (κ2) is 15.9. The highest BCUT2D eigenvalue weighted by molar-refractivity contribution is 9.11. The summed E-state index contributed by atoms with van der Waals surface area (Å²) in [5.74, 6) is 0.346. The highest BCUT2D eigenvalue weighted by Crippen LogP contribution is 2.33. The van der Waals surface area contributed by atoms with E-state index in [1.807, 2.05) is 13.8 Å². The van der Waals surface area contributed by atoms with Gasteiger partial charge >= 0.3 is 5.97 Å². The fraction of sp³-hybridized carbons (Fsp3) is 0.152. The van der Waals surface area contributed by atoms with Crippen molar-refractivity contribution < 1.29 is 33.3 Å². The van der Waals surface area contributed by atoms with Crippen molar-refractivity contribution in [1.29, 1.82) is 0 Å². The number of ether oxygens (including phenoxy) is 4. The lowest BCUT2D eigenvalue weighted by atomic mass is 10.1. The molecule has 0 spiro atoms. The Hall–Kier alpha value is -4.68. The van der Waals surface area contributed by atoms with Crippen LogP contribution >= 0.6 is 31.9 Å². The maximum absolute atomic E-state index is 13.0. The number of amides is 2. The third kappa shape index (κ3) is 8.93. The van der Waals surface area contributed by atoms with E-state index in [4.69, 9.17) is 18.9 Å². The summed E-state index contributed by atoms with van der Waals surface area (Å²) < 4.78 is 23.2. The first-order chi connectivity index (χ1) is 21.7. The number of methoxy groups -OCH3 is 1. The van der Waals surface area contributed by atoms with Gasteiger partial charge in [-0.25, -0.2) is 10.2 Å². The van der Waals surface area contributed by atoms with Crippen molar-refractivity contribution in [2.75, 3.05) is 25.6 Å². The predicted octanol–water partition coefficient (Wildman–Crippen LogP) is 7.25. The van der Waals surface area contributed by atoms with E-state index < -0.39 is 11.9 Å². The molecule has 0 aromatic heterocycles. The fourth-order valence-corrected chi connectivity index (χ4v) is 5.36. The molecular formula is C33H29Br2N3O7. The number of rotatable bonds is 12. The van der Waals surface area contributed by atoms with E-state index in [0.717, 1.165) is 0 Å². The Kier molecular flexibility index (Phi) is 11.7. The van der Waals surface area contributed by atoms with E-state index in [-0.39, 0.29) is 17.2 Å². The standard InChI is InChI=1S/C33H29Br2N3O7/c1-4-43-28-14-11-22(17-29(28)44-5-2)31(39)37-25-8-6-7-21(16-25)32(40)38-36-19-23-15-24(34)18-27(35)30(23)45-33(41)20-9-12-26(42-3)13-10-20/h6-19H,4-5H2,1-3H3,(H,37,39)(H,38,40). The van der Waals surface area contributed by atoms with Gasteiger partial charge in [0.05, 0.1) is 36.6 Å². The minimum Gasteiger partial charge on any atom is -0.497 e. The van der Waals surface area contributed by atoms with Gasteiger partial charge in [0.1, 0.15) is 5.75 Å². The fourth-order valence-electron chi connectivity index (χ4n) is 4.02. The number of halogens is 2. The molecule has 0 saturated carbocycles. The number of benzene rings is 4. The van der Waals surface area contributed by atoms with Gasteiger partial charge in [0.25, 0.3) is 11.8 Å². The zero-order valence-electron chi connectivity index (χ0n) is 24.6. The van der Waals surface area contributed by atoms with Crippen LogP contribution in [0, 0.1) is 0 Å². The number of hydrogen-bond acceptors (Lipinski definition) is 8. The minimum absolute atomic E-state index is 0.212. The second-order valence-corrected chi connectivity index (χ2v) is 11.0. The molecule has 232 valence electrons. The van der Waals surface area contributed by atoms with Crippen molar-refractivity contribution in [2.24, 2.45) is 5.10 Å². The minimum atomic E-state index is -0.586. The highest BCUT2D eigenvalue weighted by atomic mass is 79.9. The van der Waals surface area contributed by atoms with Crippen LogP contribution < -0.4 is 29.7 Å². The van der Waals surface area contributed by atoms with Gasteiger partial charge in [0.2, 0.25) is 0 Å². The number of nitrogens with zero attached hydrogens (tertiary/aromatic N) is 1. The Morgan fingerprint density at radius 2 is 1.49 bits per heavy atom. The van der Waals surface area contributed by atoms with E-state index in [2.05, 4.69) is 47.7 Å². The first kappa shape index (κ1) is 33.2. The molecule has 12 heteroatoms. The number of carbonyl (C=O) groups is 3. The van der Waals surface area contributed by atoms with Crippen molar-refractivity contribution in [3.63, 3.8) is 0 Å². The van der Waals surface area contributed by atoms with Crippen LogP contribution in [0.1, 0.15) is 50.5 Å². The van der Waals surface area contributed by atoms with E-state index >= 15 is 0 Å². The second-order valence-electron chi connectivity index (χ2n) is 9.19. The monoisotopic (exact) mass is 737 g/mol. The number of hydrogen-bond donors (Lipinski definition) is 2. The Balaban J connectivity index is 1.45. The highest BCUT2D eigenvalue weighted by Gasteiger charge is 2.16. The van der Waals surface area contributed by atoms with Gasteiger partial charge in [-0.15, -0.1) is 0 Å². The number of esters is 1. The van der Waals surface area contributed by atoms with Crippen LogP contribution in [0.4, 0.5) is 5.69 Å². The molecule has 0 unspecified atom stereocenters. The molecule has 0 bridgehead atoms. The largest absolute Gasteiger partial charge is 0.497 e. The van der Waals surface area contributed by atoms with E-state index in [1.165, 1.54) is 19.4 Å². The summed E-state index contributed by atoms with van der Waals surface area (Å²) >= 11 is 6.84. The number of hydrazone groups is 1. The van der Waals surface area contributed by atoms with Crippen molar-refractivity contribution in [3.05, 3.63) is 110 Å². The summed E-state index contributed by atoms with van der Waals surface area (Å²) in [7, 11) is 1.54. The molecule has 2 amide bonds. The lowest BCUT2D eigenvalue weighted by Gasteiger charge is -2.13.